The van der Waals surface area contributed by atoms with Crippen LogP contribution in [0.2, 0.25) is 0 Å². The Kier molecular flexibility index (Phi) is 2.02. The van der Waals surface area contributed by atoms with Crippen LogP contribution in [0.15, 0.2) is 0 Å². The minimum absolute atomic E-state index is 0.0855. The number of carbonyl (C=O) groups is 1. The van der Waals surface area contributed by atoms with Gasteiger partial charge < -0.3 is 9.47 Å². The molecule has 0 spiro atoms. The van der Waals surface area contributed by atoms with Crippen molar-refractivity contribution in [1.29, 1.82) is 0 Å². The van der Waals surface area contributed by atoms with Crippen LogP contribution in [0, 0.1) is 11.3 Å². The minimum Gasteiger partial charge on any atom is -0.353 e. The smallest absolute Gasteiger partial charge is 0.172 e. The molecule has 2 saturated heterocycles. The molecule has 0 N–H and O–H groups in total. The second-order valence-electron chi connectivity index (χ2n) is 5.25. The molecular weight excluding hydrogens is 180 g/mol. The molecule has 2 bridgehead atoms. The lowest BCUT2D eigenvalue weighted by Gasteiger charge is -2.36. The van der Waals surface area contributed by atoms with Crippen LogP contribution in [0.1, 0.15) is 33.6 Å². The quantitative estimate of drug-likeness (QED) is 0.644. The highest BCUT2D eigenvalue weighted by molar-refractivity contribution is 5.85. The van der Waals surface area contributed by atoms with E-state index in [1.807, 2.05) is 6.92 Å². The van der Waals surface area contributed by atoms with Gasteiger partial charge in [-0.3, -0.25) is 4.79 Å². The van der Waals surface area contributed by atoms with Crippen molar-refractivity contribution in [2.24, 2.45) is 11.3 Å². The molecule has 80 valence electrons. The number of fused-ring (bicyclic) bond motifs is 2. The zero-order valence-corrected chi connectivity index (χ0v) is 9.29. The SMILES string of the molecule is COC12CC(C)(C)C(O1)C(=O)CC2C. The van der Waals surface area contributed by atoms with Crippen molar-refractivity contribution >= 4 is 5.78 Å². The predicted octanol–water partition coefficient (Wildman–Crippen LogP) is 1.75. The number of Topliss-reactive ketones (excluding diaryl/α,β-unsaturated/α-hetero) is 1. The van der Waals surface area contributed by atoms with Crippen molar-refractivity contribution in [1.82, 2.24) is 0 Å². The van der Waals surface area contributed by atoms with E-state index in [-0.39, 0.29) is 23.2 Å². The Hall–Kier alpha value is -0.410. The molecule has 3 unspecified atom stereocenters. The Morgan fingerprint density at radius 2 is 2.14 bits per heavy atom. The molecule has 3 nitrogen and oxygen atoms in total. The van der Waals surface area contributed by atoms with E-state index in [0.29, 0.717) is 6.42 Å². The van der Waals surface area contributed by atoms with Gasteiger partial charge in [-0.25, -0.2) is 0 Å². The van der Waals surface area contributed by atoms with E-state index in [1.165, 1.54) is 0 Å². The van der Waals surface area contributed by atoms with Crippen molar-refractivity contribution in [3.05, 3.63) is 0 Å². The number of hydrogen-bond donors (Lipinski definition) is 0. The average molecular weight is 198 g/mol. The molecule has 2 rings (SSSR count). The molecule has 2 aliphatic heterocycles. The zero-order chi connectivity index (χ0) is 10.6. The van der Waals surface area contributed by atoms with Gasteiger partial charge in [-0.1, -0.05) is 20.8 Å². The maximum Gasteiger partial charge on any atom is 0.172 e. The van der Waals surface area contributed by atoms with Gasteiger partial charge in [0.05, 0.1) is 0 Å². The van der Waals surface area contributed by atoms with Crippen LogP contribution in [0.3, 0.4) is 0 Å². The third-order valence-corrected chi connectivity index (χ3v) is 3.63. The fourth-order valence-electron chi connectivity index (χ4n) is 2.81. The average Bonchev–Trinajstić information content (AvgIpc) is 2.34. The molecule has 0 radical (unpaired) electrons. The Morgan fingerprint density at radius 3 is 2.71 bits per heavy atom. The van der Waals surface area contributed by atoms with E-state index in [1.54, 1.807) is 7.11 Å². The van der Waals surface area contributed by atoms with Gasteiger partial charge in [-0.15, -0.1) is 0 Å². The van der Waals surface area contributed by atoms with Crippen molar-refractivity contribution in [3.63, 3.8) is 0 Å². The van der Waals surface area contributed by atoms with Gasteiger partial charge in [-0.05, 0) is 0 Å². The summed E-state index contributed by atoms with van der Waals surface area (Å²) in [6, 6.07) is 0. The molecule has 14 heavy (non-hydrogen) atoms. The number of ketones is 1. The summed E-state index contributed by atoms with van der Waals surface area (Å²) in [5, 5.41) is 0. The first-order valence-corrected chi connectivity index (χ1v) is 5.17. The van der Waals surface area contributed by atoms with Gasteiger partial charge in [0, 0.05) is 31.3 Å². The first-order chi connectivity index (χ1) is 6.41. The van der Waals surface area contributed by atoms with Crippen LogP contribution in [0.5, 0.6) is 0 Å². The summed E-state index contributed by atoms with van der Waals surface area (Å²) in [5.41, 5.74) is -0.0855. The van der Waals surface area contributed by atoms with Gasteiger partial charge in [0.15, 0.2) is 11.6 Å². The monoisotopic (exact) mass is 198 g/mol. The summed E-state index contributed by atoms with van der Waals surface area (Å²) >= 11 is 0. The fraction of sp³-hybridized carbons (Fsp3) is 0.909. The number of rotatable bonds is 1. The zero-order valence-electron chi connectivity index (χ0n) is 9.29. The van der Waals surface area contributed by atoms with Crippen LogP contribution in [-0.4, -0.2) is 24.8 Å². The van der Waals surface area contributed by atoms with E-state index in [4.69, 9.17) is 9.47 Å². The lowest BCUT2D eigenvalue weighted by molar-refractivity contribution is -0.251. The summed E-state index contributed by atoms with van der Waals surface area (Å²) in [4.78, 5) is 11.8. The molecule has 0 aliphatic carbocycles. The van der Waals surface area contributed by atoms with E-state index in [9.17, 15) is 4.79 Å². The van der Waals surface area contributed by atoms with Crippen LogP contribution in [-0.2, 0) is 14.3 Å². The Labute approximate surface area is 84.8 Å². The van der Waals surface area contributed by atoms with Gasteiger partial charge in [0.2, 0.25) is 0 Å². The first-order valence-electron chi connectivity index (χ1n) is 5.17. The van der Waals surface area contributed by atoms with Crippen molar-refractivity contribution in [3.8, 4) is 0 Å². The minimum atomic E-state index is -0.512. The summed E-state index contributed by atoms with van der Waals surface area (Å²) in [6.45, 7) is 6.18. The van der Waals surface area contributed by atoms with Crippen molar-refractivity contribution in [2.45, 2.75) is 45.5 Å². The van der Waals surface area contributed by atoms with E-state index >= 15 is 0 Å². The summed E-state index contributed by atoms with van der Waals surface area (Å²) in [7, 11) is 1.67. The highest BCUT2D eigenvalue weighted by Gasteiger charge is 2.60. The maximum absolute atomic E-state index is 11.8. The van der Waals surface area contributed by atoms with Crippen LogP contribution in [0.25, 0.3) is 0 Å². The van der Waals surface area contributed by atoms with E-state index < -0.39 is 5.79 Å². The van der Waals surface area contributed by atoms with Crippen molar-refractivity contribution in [2.75, 3.05) is 7.11 Å². The van der Waals surface area contributed by atoms with E-state index in [2.05, 4.69) is 13.8 Å². The maximum atomic E-state index is 11.8. The third kappa shape index (κ3) is 1.15. The number of methoxy groups -OCH3 is 1. The van der Waals surface area contributed by atoms with Crippen LogP contribution < -0.4 is 0 Å². The molecule has 3 atom stereocenters. The van der Waals surface area contributed by atoms with Gasteiger partial charge in [0.1, 0.15) is 6.10 Å². The molecule has 0 saturated carbocycles. The summed E-state index contributed by atoms with van der Waals surface area (Å²) in [6.07, 6.45) is 1.13. The molecule has 0 aromatic carbocycles. The second-order valence-corrected chi connectivity index (χ2v) is 5.25. The standard InChI is InChI=1S/C11H18O3/c1-7-5-8(12)9-10(2,3)6-11(7,13-4)14-9/h7,9H,5-6H2,1-4H3. The number of ether oxygens (including phenoxy) is 2. The molecule has 3 heteroatoms. The van der Waals surface area contributed by atoms with Crippen LogP contribution in [0.4, 0.5) is 0 Å². The number of carbonyl (C=O) groups excluding carboxylic acids is 1. The molecular formula is C11H18O3. The molecule has 2 heterocycles. The number of hydrogen-bond acceptors (Lipinski definition) is 3. The highest BCUT2D eigenvalue weighted by atomic mass is 16.7. The van der Waals surface area contributed by atoms with Gasteiger partial charge in [-0.2, -0.15) is 0 Å². The second kappa shape index (κ2) is 2.80. The van der Waals surface area contributed by atoms with Gasteiger partial charge >= 0.3 is 0 Å². The molecule has 0 amide bonds. The van der Waals surface area contributed by atoms with Gasteiger partial charge in [0.25, 0.3) is 0 Å². The molecule has 0 aromatic rings. The predicted molar refractivity (Wildman–Crippen MR) is 51.8 cm³/mol. The Balaban J connectivity index is 2.37. The summed E-state index contributed by atoms with van der Waals surface area (Å²) < 4.78 is 11.3. The lowest BCUT2D eigenvalue weighted by Crippen LogP contribution is -2.46. The summed E-state index contributed by atoms with van der Waals surface area (Å²) in [5.74, 6) is -0.118. The Morgan fingerprint density at radius 1 is 1.50 bits per heavy atom. The third-order valence-electron chi connectivity index (χ3n) is 3.63. The largest absolute Gasteiger partial charge is 0.353 e. The normalized spacial score (nSPS) is 45.6. The lowest BCUT2D eigenvalue weighted by atomic mass is 9.83. The topological polar surface area (TPSA) is 35.5 Å². The fourth-order valence-corrected chi connectivity index (χ4v) is 2.81. The molecule has 2 fully saturated rings. The van der Waals surface area contributed by atoms with E-state index in [0.717, 1.165) is 6.42 Å². The van der Waals surface area contributed by atoms with Crippen LogP contribution >= 0.6 is 0 Å². The molecule has 0 aromatic heterocycles. The highest BCUT2D eigenvalue weighted by Crippen LogP contribution is 2.52. The Bertz CT molecular complexity index is 272. The molecule has 2 aliphatic rings. The first kappa shape index (κ1) is 10.1. The van der Waals surface area contributed by atoms with Crippen molar-refractivity contribution < 1.29 is 14.3 Å².